The van der Waals surface area contributed by atoms with Crippen molar-refractivity contribution in [3.8, 4) is 11.1 Å². The fourth-order valence-electron chi connectivity index (χ4n) is 4.73. The van der Waals surface area contributed by atoms with Gasteiger partial charge in [0.2, 0.25) is 0 Å². The molecule has 2 fully saturated rings. The van der Waals surface area contributed by atoms with Crippen LogP contribution in [0.15, 0.2) is 24.5 Å². The molecule has 4 heterocycles. The van der Waals surface area contributed by atoms with Crippen molar-refractivity contribution < 1.29 is 4.74 Å². The van der Waals surface area contributed by atoms with E-state index in [9.17, 15) is 0 Å². The maximum Gasteiger partial charge on any atom is 0.0639 e. The fourth-order valence-corrected chi connectivity index (χ4v) is 4.73. The lowest BCUT2D eigenvalue weighted by Gasteiger charge is -2.26. The van der Waals surface area contributed by atoms with E-state index in [1.165, 1.54) is 41.0 Å². The zero-order valence-corrected chi connectivity index (χ0v) is 18.9. The summed E-state index contributed by atoms with van der Waals surface area (Å²) in [5, 5.41) is 0. The third kappa shape index (κ3) is 4.77. The highest BCUT2D eigenvalue weighted by Crippen LogP contribution is 2.33. The fraction of sp³-hybridized carbons (Fsp3) is 0.600. The maximum atomic E-state index is 5.56. The van der Waals surface area contributed by atoms with Crippen LogP contribution in [-0.4, -0.2) is 49.9 Å². The summed E-state index contributed by atoms with van der Waals surface area (Å²) in [6, 6.07) is 4.65. The molecule has 5 heteroatoms. The highest BCUT2D eigenvalue weighted by molar-refractivity contribution is 5.73. The minimum absolute atomic E-state index is 0.688. The molecule has 2 aromatic rings. The number of rotatable bonds is 7. The lowest BCUT2D eigenvalue weighted by atomic mass is 9.93. The van der Waals surface area contributed by atoms with Crippen LogP contribution in [0.3, 0.4) is 0 Å². The first-order valence-corrected chi connectivity index (χ1v) is 11.7. The first-order valence-electron chi connectivity index (χ1n) is 11.7. The van der Waals surface area contributed by atoms with Gasteiger partial charge in [-0.15, -0.1) is 0 Å². The average Bonchev–Trinajstić information content (AvgIpc) is 3.30. The van der Waals surface area contributed by atoms with Gasteiger partial charge in [-0.05, 0) is 63.5 Å². The van der Waals surface area contributed by atoms with Gasteiger partial charge in [-0.3, -0.25) is 9.97 Å². The summed E-state index contributed by atoms with van der Waals surface area (Å²) >= 11 is 0. The summed E-state index contributed by atoms with van der Waals surface area (Å²) in [5.74, 6) is 0.688. The van der Waals surface area contributed by atoms with Crippen LogP contribution in [0.25, 0.3) is 11.1 Å². The lowest BCUT2D eigenvalue weighted by molar-refractivity contribution is 0.0663. The molecule has 162 valence electrons. The van der Waals surface area contributed by atoms with Crippen LogP contribution >= 0.6 is 0 Å². The van der Waals surface area contributed by atoms with E-state index in [0.717, 1.165) is 64.2 Å². The lowest BCUT2D eigenvalue weighted by Crippen LogP contribution is -2.23. The molecule has 2 aliphatic rings. The van der Waals surface area contributed by atoms with Crippen LogP contribution in [0.5, 0.6) is 0 Å². The number of hydrogen-bond donors (Lipinski definition) is 0. The van der Waals surface area contributed by atoms with Gasteiger partial charge in [0.05, 0.1) is 23.3 Å². The van der Waals surface area contributed by atoms with Crippen LogP contribution in [0, 0.1) is 12.8 Å². The molecule has 0 amide bonds. The first kappa shape index (κ1) is 21.1. The van der Waals surface area contributed by atoms with Gasteiger partial charge in [0, 0.05) is 62.9 Å². The van der Waals surface area contributed by atoms with E-state index in [4.69, 9.17) is 14.7 Å². The predicted molar refractivity (Wildman–Crippen MR) is 124 cm³/mol. The van der Waals surface area contributed by atoms with Crippen molar-refractivity contribution in [2.45, 2.75) is 52.4 Å². The minimum Gasteiger partial charge on any atom is -0.381 e. The molecule has 0 saturated carbocycles. The number of pyridine rings is 2. The van der Waals surface area contributed by atoms with Crippen LogP contribution in [0.2, 0.25) is 0 Å². The molecule has 5 nitrogen and oxygen atoms in total. The van der Waals surface area contributed by atoms with Gasteiger partial charge in [-0.1, -0.05) is 6.92 Å². The summed E-state index contributed by atoms with van der Waals surface area (Å²) in [6.45, 7) is 9.42. The molecule has 2 aliphatic heterocycles. The van der Waals surface area contributed by atoms with Gasteiger partial charge >= 0.3 is 0 Å². The third-order valence-corrected chi connectivity index (χ3v) is 6.60. The molecule has 2 aromatic heterocycles. The smallest absolute Gasteiger partial charge is 0.0639 e. The van der Waals surface area contributed by atoms with E-state index in [2.05, 4.69) is 49.0 Å². The van der Waals surface area contributed by atoms with E-state index in [0.29, 0.717) is 5.92 Å². The SMILES string of the molecule is CCCN(C)c1cnc(C)c(-c2cnc(CC3CCOCC3)c(N3CCCC3)c2)c1. The van der Waals surface area contributed by atoms with Gasteiger partial charge in [-0.2, -0.15) is 0 Å². The van der Waals surface area contributed by atoms with E-state index < -0.39 is 0 Å². The summed E-state index contributed by atoms with van der Waals surface area (Å²) in [7, 11) is 2.14. The Balaban J connectivity index is 1.67. The Bertz CT molecular complexity index is 841. The Morgan fingerprint density at radius 1 is 1.10 bits per heavy atom. The predicted octanol–water partition coefficient (Wildman–Crippen LogP) is 4.87. The molecule has 0 N–H and O–H groups in total. The van der Waals surface area contributed by atoms with Crippen LogP contribution in [0.4, 0.5) is 11.4 Å². The topological polar surface area (TPSA) is 41.5 Å². The van der Waals surface area contributed by atoms with Crippen molar-refractivity contribution in [3.63, 3.8) is 0 Å². The molecule has 2 saturated heterocycles. The molecule has 0 radical (unpaired) electrons. The van der Waals surface area contributed by atoms with Crippen molar-refractivity contribution in [3.05, 3.63) is 35.9 Å². The monoisotopic (exact) mass is 408 g/mol. The first-order chi connectivity index (χ1) is 14.7. The van der Waals surface area contributed by atoms with Gasteiger partial charge in [-0.25, -0.2) is 0 Å². The Kier molecular flexibility index (Phi) is 6.88. The Morgan fingerprint density at radius 2 is 1.87 bits per heavy atom. The van der Waals surface area contributed by atoms with E-state index in [-0.39, 0.29) is 0 Å². The average molecular weight is 409 g/mol. The number of aromatic nitrogens is 2. The van der Waals surface area contributed by atoms with Crippen molar-refractivity contribution in [1.29, 1.82) is 0 Å². The van der Waals surface area contributed by atoms with Gasteiger partial charge in [0.15, 0.2) is 0 Å². The highest BCUT2D eigenvalue weighted by Gasteiger charge is 2.22. The highest BCUT2D eigenvalue weighted by atomic mass is 16.5. The second-order valence-corrected chi connectivity index (χ2v) is 8.89. The second-order valence-electron chi connectivity index (χ2n) is 8.89. The number of hydrogen-bond acceptors (Lipinski definition) is 5. The van der Waals surface area contributed by atoms with Crippen molar-refractivity contribution in [2.75, 3.05) is 49.7 Å². The molecule has 0 bridgehead atoms. The van der Waals surface area contributed by atoms with Crippen molar-refractivity contribution in [1.82, 2.24) is 9.97 Å². The molecule has 0 atom stereocenters. The van der Waals surface area contributed by atoms with E-state index in [1.54, 1.807) is 0 Å². The zero-order valence-electron chi connectivity index (χ0n) is 18.9. The van der Waals surface area contributed by atoms with Crippen molar-refractivity contribution in [2.24, 2.45) is 5.92 Å². The quantitative estimate of drug-likeness (QED) is 0.654. The number of aryl methyl sites for hydroxylation is 1. The van der Waals surface area contributed by atoms with Gasteiger partial charge in [0.25, 0.3) is 0 Å². The Hall–Kier alpha value is -2.14. The third-order valence-electron chi connectivity index (χ3n) is 6.60. The molecule has 0 aliphatic carbocycles. The maximum absolute atomic E-state index is 5.56. The van der Waals surface area contributed by atoms with Crippen LogP contribution < -0.4 is 9.80 Å². The van der Waals surface area contributed by atoms with E-state index in [1.807, 2.05) is 6.20 Å². The normalized spacial score (nSPS) is 17.5. The summed E-state index contributed by atoms with van der Waals surface area (Å²) in [5.41, 5.74) is 7.22. The number of ether oxygens (including phenoxy) is 1. The Labute approximate surface area is 181 Å². The summed E-state index contributed by atoms with van der Waals surface area (Å²) in [6.07, 6.45) is 11.1. The molecular weight excluding hydrogens is 372 g/mol. The molecule has 0 unspecified atom stereocenters. The molecular formula is C25H36N4O. The van der Waals surface area contributed by atoms with Crippen LogP contribution in [-0.2, 0) is 11.2 Å². The second kappa shape index (κ2) is 9.78. The summed E-state index contributed by atoms with van der Waals surface area (Å²) < 4.78 is 5.56. The van der Waals surface area contributed by atoms with E-state index >= 15 is 0 Å². The standard InChI is InChI=1S/C25H36N4O/c1-4-9-28(3)22-16-23(19(2)26-18-22)21-15-25(29-10-5-6-11-29)24(27-17-21)14-20-7-12-30-13-8-20/h15-18,20H,4-14H2,1-3H3. The Morgan fingerprint density at radius 3 is 2.60 bits per heavy atom. The van der Waals surface area contributed by atoms with Crippen LogP contribution in [0.1, 0.15) is 50.4 Å². The van der Waals surface area contributed by atoms with Gasteiger partial charge < -0.3 is 14.5 Å². The number of nitrogens with zero attached hydrogens (tertiary/aromatic N) is 4. The molecule has 0 aromatic carbocycles. The minimum atomic E-state index is 0.688. The zero-order chi connectivity index (χ0) is 20.9. The largest absolute Gasteiger partial charge is 0.381 e. The molecule has 30 heavy (non-hydrogen) atoms. The summed E-state index contributed by atoms with van der Waals surface area (Å²) in [4.78, 5) is 14.6. The molecule has 0 spiro atoms. The van der Waals surface area contributed by atoms with Gasteiger partial charge in [0.1, 0.15) is 0 Å². The molecule has 4 rings (SSSR count). The number of anilines is 2. The van der Waals surface area contributed by atoms with Crippen molar-refractivity contribution >= 4 is 11.4 Å².